The molecule has 0 spiro atoms. The molecule has 0 amide bonds. The topological polar surface area (TPSA) is 37.3 Å². The Labute approximate surface area is 85.1 Å². The molecule has 0 fully saturated rings. The summed E-state index contributed by atoms with van der Waals surface area (Å²) >= 11 is 1.51. The summed E-state index contributed by atoms with van der Waals surface area (Å²) in [7, 11) is 0. The zero-order valence-electron chi connectivity index (χ0n) is 9.18. The molecule has 0 aromatic carbocycles. The van der Waals surface area contributed by atoms with E-state index < -0.39 is 5.97 Å². The van der Waals surface area contributed by atoms with Crippen LogP contribution in [0.4, 0.5) is 0 Å². The number of hydrogen-bond acceptors (Lipinski definition) is 2. The van der Waals surface area contributed by atoms with E-state index in [0.29, 0.717) is 0 Å². The van der Waals surface area contributed by atoms with Crippen LogP contribution in [0.25, 0.3) is 0 Å². The third-order valence-corrected chi connectivity index (χ3v) is 2.86. The van der Waals surface area contributed by atoms with E-state index in [4.69, 9.17) is 5.11 Å². The van der Waals surface area contributed by atoms with Gasteiger partial charge in [0.25, 0.3) is 0 Å². The highest BCUT2D eigenvalue weighted by Crippen LogP contribution is 2.36. The SMILES string of the molecule is CC(C)(C)CC(C)(C)SCC(=O)O. The second-order valence-corrected chi connectivity index (χ2v) is 6.86. The Morgan fingerprint density at radius 1 is 1.23 bits per heavy atom. The van der Waals surface area contributed by atoms with E-state index in [9.17, 15) is 4.79 Å². The Morgan fingerprint density at radius 3 is 2.00 bits per heavy atom. The first-order chi connectivity index (χ1) is 5.62. The van der Waals surface area contributed by atoms with Gasteiger partial charge >= 0.3 is 5.97 Å². The first-order valence-corrected chi connectivity index (χ1v) is 5.47. The van der Waals surface area contributed by atoms with E-state index in [1.165, 1.54) is 11.8 Å². The number of carbonyl (C=O) groups is 1. The maximum absolute atomic E-state index is 10.4. The van der Waals surface area contributed by atoms with Crippen molar-refractivity contribution in [3.63, 3.8) is 0 Å². The maximum Gasteiger partial charge on any atom is 0.313 e. The molecule has 0 atom stereocenters. The molecule has 0 aromatic rings. The van der Waals surface area contributed by atoms with Crippen LogP contribution in [0.3, 0.4) is 0 Å². The van der Waals surface area contributed by atoms with Gasteiger partial charge in [-0.1, -0.05) is 34.6 Å². The van der Waals surface area contributed by atoms with Gasteiger partial charge in [-0.25, -0.2) is 0 Å². The van der Waals surface area contributed by atoms with Gasteiger partial charge in [0, 0.05) is 4.75 Å². The van der Waals surface area contributed by atoms with Crippen molar-refractivity contribution in [1.82, 2.24) is 0 Å². The normalized spacial score (nSPS) is 13.0. The monoisotopic (exact) mass is 204 g/mol. The smallest absolute Gasteiger partial charge is 0.313 e. The van der Waals surface area contributed by atoms with Crippen molar-refractivity contribution in [2.75, 3.05) is 5.75 Å². The molecule has 0 heterocycles. The number of rotatable bonds is 4. The van der Waals surface area contributed by atoms with Gasteiger partial charge in [0.05, 0.1) is 5.75 Å². The lowest BCUT2D eigenvalue weighted by molar-refractivity contribution is -0.133. The fraction of sp³-hybridized carbons (Fsp3) is 0.900. The second kappa shape index (κ2) is 4.36. The van der Waals surface area contributed by atoms with E-state index >= 15 is 0 Å². The zero-order chi connectivity index (χ0) is 10.7. The van der Waals surface area contributed by atoms with E-state index in [2.05, 4.69) is 34.6 Å². The van der Waals surface area contributed by atoms with Crippen LogP contribution in [0, 0.1) is 5.41 Å². The van der Waals surface area contributed by atoms with Crippen LogP contribution in [0.5, 0.6) is 0 Å². The molecule has 2 nitrogen and oxygen atoms in total. The van der Waals surface area contributed by atoms with Crippen LogP contribution in [0.1, 0.15) is 41.0 Å². The molecular weight excluding hydrogens is 184 g/mol. The van der Waals surface area contributed by atoms with Crippen molar-refractivity contribution >= 4 is 17.7 Å². The van der Waals surface area contributed by atoms with Gasteiger partial charge in [0.2, 0.25) is 0 Å². The fourth-order valence-electron chi connectivity index (χ4n) is 1.59. The molecule has 0 aliphatic carbocycles. The highest BCUT2D eigenvalue weighted by atomic mass is 32.2. The molecule has 0 saturated carbocycles. The van der Waals surface area contributed by atoms with Crippen LogP contribution in [0.15, 0.2) is 0 Å². The highest BCUT2D eigenvalue weighted by Gasteiger charge is 2.26. The molecule has 78 valence electrons. The summed E-state index contributed by atoms with van der Waals surface area (Å²) in [5.41, 5.74) is 0.259. The molecule has 0 aliphatic heterocycles. The van der Waals surface area contributed by atoms with Gasteiger partial charge < -0.3 is 5.11 Å². The highest BCUT2D eigenvalue weighted by molar-refractivity contribution is 8.01. The predicted octanol–water partition coefficient (Wildman–Crippen LogP) is 3.02. The fourth-order valence-corrected chi connectivity index (χ4v) is 2.63. The summed E-state index contributed by atoms with van der Waals surface area (Å²) in [5, 5.41) is 8.55. The second-order valence-electron chi connectivity index (χ2n) is 5.18. The van der Waals surface area contributed by atoms with Crippen LogP contribution in [0.2, 0.25) is 0 Å². The average Bonchev–Trinajstić information content (AvgIpc) is 1.78. The molecule has 0 bridgehead atoms. The average molecular weight is 204 g/mol. The molecule has 3 heteroatoms. The largest absolute Gasteiger partial charge is 0.481 e. The standard InChI is InChI=1S/C10H20O2S/c1-9(2,3)7-10(4,5)13-6-8(11)12/h6-7H2,1-5H3,(H,11,12). The van der Waals surface area contributed by atoms with E-state index in [-0.39, 0.29) is 15.9 Å². The van der Waals surface area contributed by atoms with Crippen LogP contribution >= 0.6 is 11.8 Å². The first-order valence-electron chi connectivity index (χ1n) is 4.48. The first kappa shape index (κ1) is 12.8. The van der Waals surface area contributed by atoms with E-state index in [1.54, 1.807) is 0 Å². The van der Waals surface area contributed by atoms with Gasteiger partial charge in [-0.2, -0.15) is 0 Å². The number of carboxylic acid groups (broad SMARTS) is 1. The minimum Gasteiger partial charge on any atom is -0.481 e. The Balaban J connectivity index is 4.01. The summed E-state index contributed by atoms with van der Waals surface area (Å²) in [4.78, 5) is 10.4. The molecule has 1 N–H and O–H groups in total. The number of carboxylic acids is 1. The van der Waals surface area contributed by atoms with E-state index in [0.717, 1.165) is 6.42 Å². The third-order valence-electron chi connectivity index (χ3n) is 1.54. The predicted molar refractivity (Wildman–Crippen MR) is 58.2 cm³/mol. The van der Waals surface area contributed by atoms with Crippen molar-refractivity contribution < 1.29 is 9.90 Å². The maximum atomic E-state index is 10.4. The zero-order valence-corrected chi connectivity index (χ0v) is 9.99. The Hall–Kier alpha value is -0.180. The van der Waals surface area contributed by atoms with Crippen LogP contribution in [-0.2, 0) is 4.79 Å². The Morgan fingerprint density at radius 2 is 1.69 bits per heavy atom. The third kappa shape index (κ3) is 8.16. The van der Waals surface area contributed by atoms with Gasteiger partial charge in [-0.3, -0.25) is 4.79 Å². The molecule has 0 radical (unpaired) electrons. The van der Waals surface area contributed by atoms with Crippen molar-refractivity contribution in [3.05, 3.63) is 0 Å². The van der Waals surface area contributed by atoms with Crippen molar-refractivity contribution in [3.8, 4) is 0 Å². The van der Waals surface area contributed by atoms with Gasteiger partial charge in [0.1, 0.15) is 0 Å². The summed E-state index contributed by atoms with van der Waals surface area (Å²) in [6.45, 7) is 10.7. The van der Waals surface area contributed by atoms with Gasteiger partial charge in [-0.15, -0.1) is 11.8 Å². The van der Waals surface area contributed by atoms with E-state index in [1.807, 2.05) is 0 Å². The molecule has 0 aromatic heterocycles. The lowest BCUT2D eigenvalue weighted by atomic mass is 9.86. The van der Waals surface area contributed by atoms with Crippen LogP contribution in [-0.4, -0.2) is 21.6 Å². The van der Waals surface area contributed by atoms with Crippen molar-refractivity contribution in [2.24, 2.45) is 5.41 Å². The molecular formula is C10H20O2S. The lowest BCUT2D eigenvalue weighted by Gasteiger charge is -2.31. The number of aliphatic carboxylic acids is 1. The minimum atomic E-state index is -0.730. The minimum absolute atomic E-state index is 0.0522. The molecule has 13 heavy (non-hydrogen) atoms. The Kier molecular flexibility index (Phi) is 4.30. The summed E-state index contributed by atoms with van der Waals surface area (Å²) in [6.07, 6.45) is 1.03. The van der Waals surface area contributed by atoms with Crippen molar-refractivity contribution in [2.45, 2.75) is 45.8 Å². The summed E-state index contributed by atoms with van der Waals surface area (Å²) in [5.74, 6) is -0.532. The van der Waals surface area contributed by atoms with Crippen molar-refractivity contribution in [1.29, 1.82) is 0 Å². The Bertz CT molecular complexity index is 180. The van der Waals surface area contributed by atoms with Gasteiger partial charge in [-0.05, 0) is 11.8 Å². The molecule has 0 aliphatic rings. The molecule has 0 saturated heterocycles. The number of thioether (sulfide) groups is 1. The molecule has 0 rings (SSSR count). The molecule has 0 unspecified atom stereocenters. The van der Waals surface area contributed by atoms with Gasteiger partial charge in [0.15, 0.2) is 0 Å². The van der Waals surface area contributed by atoms with Crippen LogP contribution < -0.4 is 0 Å². The number of hydrogen-bond donors (Lipinski definition) is 1. The lowest BCUT2D eigenvalue weighted by Crippen LogP contribution is -2.25. The summed E-state index contributed by atoms with van der Waals surface area (Å²) in [6, 6.07) is 0. The summed E-state index contributed by atoms with van der Waals surface area (Å²) < 4.78 is 0.0522. The quantitative estimate of drug-likeness (QED) is 0.765.